The second-order valence-corrected chi connectivity index (χ2v) is 5.78. The molecule has 2 aromatic rings. The molecule has 140 valence electrons. The molecule has 2 rings (SSSR count). The molecule has 0 atom stereocenters. The van der Waals surface area contributed by atoms with Crippen molar-refractivity contribution in [3.63, 3.8) is 0 Å². The van der Waals surface area contributed by atoms with Gasteiger partial charge in [-0.25, -0.2) is 0 Å². The van der Waals surface area contributed by atoms with Crippen molar-refractivity contribution in [1.29, 1.82) is 0 Å². The maximum atomic E-state index is 12.0. The van der Waals surface area contributed by atoms with Crippen molar-refractivity contribution in [3.05, 3.63) is 47.4 Å². The molecule has 2 amide bonds. The summed E-state index contributed by atoms with van der Waals surface area (Å²) in [6.45, 7) is 1.23. The Kier molecular flexibility index (Phi) is 7.98. The number of hydrogen-bond acceptors (Lipinski definition) is 5. The molecule has 0 saturated heterocycles. The SMILES string of the molecule is COCCOc1ccc(NC(=O)CCCNC(=O)c2ccco2)cc1Cl. The van der Waals surface area contributed by atoms with Crippen LogP contribution in [0.2, 0.25) is 5.02 Å². The summed E-state index contributed by atoms with van der Waals surface area (Å²) in [7, 11) is 1.59. The lowest BCUT2D eigenvalue weighted by Crippen LogP contribution is -2.25. The Hall–Kier alpha value is -2.51. The van der Waals surface area contributed by atoms with Crippen LogP contribution in [0.5, 0.6) is 5.75 Å². The van der Waals surface area contributed by atoms with Crippen LogP contribution in [0.3, 0.4) is 0 Å². The van der Waals surface area contributed by atoms with Gasteiger partial charge in [-0.2, -0.15) is 0 Å². The summed E-state index contributed by atoms with van der Waals surface area (Å²) in [5, 5.41) is 5.85. The first-order valence-corrected chi connectivity index (χ1v) is 8.51. The van der Waals surface area contributed by atoms with Crippen LogP contribution < -0.4 is 15.4 Å². The highest BCUT2D eigenvalue weighted by Gasteiger charge is 2.09. The number of benzene rings is 1. The van der Waals surface area contributed by atoms with Crippen LogP contribution in [0.4, 0.5) is 5.69 Å². The van der Waals surface area contributed by atoms with Gasteiger partial charge in [0, 0.05) is 25.8 Å². The van der Waals surface area contributed by atoms with Crippen molar-refractivity contribution < 1.29 is 23.5 Å². The summed E-state index contributed by atoms with van der Waals surface area (Å²) in [5.41, 5.74) is 0.582. The Morgan fingerprint density at radius 2 is 2.08 bits per heavy atom. The monoisotopic (exact) mass is 380 g/mol. The first-order chi connectivity index (χ1) is 12.6. The smallest absolute Gasteiger partial charge is 0.286 e. The third kappa shape index (κ3) is 6.42. The van der Waals surface area contributed by atoms with Crippen molar-refractivity contribution in [2.75, 3.05) is 32.2 Å². The van der Waals surface area contributed by atoms with Gasteiger partial charge in [0.2, 0.25) is 5.91 Å². The van der Waals surface area contributed by atoms with Gasteiger partial charge in [-0.15, -0.1) is 0 Å². The van der Waals surface area contributed by atoms with E-state index < -0.39 is 0 Å². The minimum atomic E-state index is -0.300. The predicted octanol–water partition coefficient (Wildman–Crippen LogP) is 3.11. The maximum Gasteiger partial charge on any atom is 0.286 e. The minimum absolute atomic E-state index is 0.165. The molecule has 1 aromatic carbocycles. The number of hydrogen-bond donors (Lipinski definition) is 2. The van der Waals surface area contributed by atoms with E-state index in [0.717, 1.165) is 0 Å². The lowest BCUT2D eigenvalue weighted by molar-refractivity contribution is -0.116. The highest BCUT2D eigenvalue weighted by Crippen LogP contribution is 2.27. The van der Waals surface area contributed by atoms with E-state index in [1.807, 2.05) is 0 Å². The predicted molar refractivity (Wildman–Crippen MR) is 97.7 cm³/mol. The zero-order valence-corrected chi connectivity index (χ0v) is 15.2. The van der Waals surface area contributed by atoms with Gasteiger partial charge in [-0.05, 0) is 36.8 Å². The van der Waals surface area contributed by atoms with E-state index in [1.165, 1.54) is 6.26 Å². The second kappa shape index (κ2) is 10.5. The normalized spacial score (nSPS) is 10.4. The van der Waals surface area contributed by atoms with E-state index in [4.69, 9.17) is 25.5 Å². The van der Waals surface area contributed by atoms with Gasteiger partial charge in [-0.3, -0.25) is 9.59 Å². The molecule has 0 aliphatic rings. The summed E-state index contributed by atoms with van der Waals surface area (Å²) >= 11 is 6.13. The van der Waals surface area contributed by atoms with E-state index in [-0.39, 0.29) is 24.0 Å². The number of ether oxygens (including phenoxy) is 2. The standard InChI is InChI=1S/C18H21ClN2O5/c1-24-10-11-26-15-7-6-13(12-14(15)19)21-17(22)5-2-8-20-18(23)16-4-3-9-25-16/h3-4,6-7,9,12H,2,5,8,10-11H2,1H3,(H,20,23)(H,21,22). The lowest BCUT2D eigenvalue weighted by Gasteiger charge is -2.10. The Bertz CT molecular complexity index is 718. The van der Waals surface area contributed by atoms with E-state index in [0.29, 0.717) is 42.6 Å². The minimum Gasteiger partial charge on any atom is -0.490 e. The Morgan fingerprint density at radius 1 is 1.23 bits per heavy atom. The van der Waals surface area contributed by atoms with Gasteiger partial charge < -0.3 is 24.5 Å². The number of carbonyl (C=O) groups excluding carboxylic acids is 2. The van der Waals surface area contributed by atoms with Crippen molar-refractivity contribution in [2.24, 2.45) is 0 Å². The fraction of sp³-hybridized carbons (Fsp3) is 0.333. The van der Waals surface area contributed by atoms with E-state index >= 15 is 0 Å². The maximum absolute atomic E-state index is 12.0. The van der Waals surface area contributed by atoms with Gasteiger partial charge in [0.05, 0.1) is 17.9 Å². The van der Waals surface area contributed by atoms with Gasteiger partial charge in [0.25, 0.3) is 5.91 Å². The number of halogens is 1. The van der Waals surface area contributed by atoms with Crippen LogP contribution in [0.15, 0.2) is 41.0 Å². The summed E-state index contributed by atoms with van der Waals surface area (Å²) < 4.78 is 15.3. The molecule has 1 heterocycles. The second-order valence-electron chi connectivity index (χ2n) is 5.37. The number of carbonyl (C=O) groups is 2. The van der Waals surface area contributed by atoms with E-state index in [1.54, 1.807) is 37.4 Å². The summed E-state index contributed by atoms with van der Waals surface area (Å²) in [4.78, 5) is 23.6. The van der Waals surface area contributed by atoms with Gasteiger partial charge in [0.15, 0.2) is 5.76 Å². The third-order valence-corrected chi connectivity index (χ3v) is 3.67. The topological polar surface area (TPSA) is 89.8 Å². The van der Waals surface area contributed by atoms with Crippen LogP contribution in [0.1, 0.15) is 23.4 Å². The van der Waals surface area contributed by atoms with Crippen LogP contribution in [-0.4, -0.2) is 38.7 Å². The summed E-state index contributed by atoms with van der Waals surface area (Å²) in [5.74, 6) is 0.312. The van der Waals surface area contributed by atoms with Crippen LogP contribution >= 0.6 is 11.6 Å². The lowest BCUT2D eigenvalue weighted by atomic mass is 10.2. The molecule has 2 N–H and O–H groups in total. The molecule has 0 fully saturated rings. The number of anilines is 1. The Balaban J connectivity index is 1.70. The Labute approximate surface area is 156 Å². The number of rotatable bonds is 10. The Morgan fingerprint density at radius 3 is 2.77 bits per heavy atom. The number of furan rings is 1. The first kappa shape index (κ1) is 19.8. The van der Waals surface area contributed by atoms with E-state index in [2.05, 4.69) is 10.6 Å². The molecule has 7 nitrogen and oxygen atoms in total. The first-order valence-electron chi connectivity index (χ1n) is 8.13. The summed E-state index contributed by atoms with van der Waals surface area (Å²) in [6, 6.07) is 8.25. The number of methoxy groups -OCH3 is 1. The molecule has 26 heavy (non-hydrogen) atoms. The highest BCUT2D eigenvalue weighted by molar-refractivity contribution is 6.32. The van der Waals surface area contributed by atoms with Crippen molar-refractivity contribution >= 4 is 29.1 Å². The van der Waals surface area contributed by atoms with Crippen molar-refractivity contribution in [3.8, 4) is 5.75 Å². The molecule has 8 heteroatoms. The molecule has 0 aliphatic heterocycles. The van der Waals surface area contributed by atoms with Gasteiger partial charge >= 0.3 is 0 Å². The third-order valence-electron chi connectivity index (χ3n) is 3.37. The highest BCUT2D eigenvalue weighted by atomic mass is 35.5. The number of amides is 2. The largest absolute Gasteiger partial charge is 0.490 e. The van der Waals surface area contributed by atoms with Crippen LogP contribution in [0.25, 0.3) is 0 Å². The molecule has 0 spiro atoms. The zero-order valence-electron chi connectivity index (χ0n) is 14.4. The van der Waals surface area contributed by atoms with Crippen LogP contribution in [-0.2, 0) is 9.53 Å². The van der Waals surface area contributed by atoms with Crippen molar-refractivity contribution in [1.82, 2.24) is 5.32 Å². The fourth-order valence-electron chi connectivity index (χ4n) is 2.10. The van der Waals surface area contributed by atoms with Crippen LogP contribution in [0, 0.1) is 0 Å². The zero-order chi connectivity index (χ0) is 18.8. The fourth-order valence-corrected chi connectivity index (χ4v) is 2.33. The quantitative estimate of drug-likeness (QED) is 0.618. The average molecular weight is 381 g/mol. The molecule has 0 aliphatic carbocycles. The van der Waals surface area contributed by atoms with E-state index in [9.17, 15) is 9.59 Å². The molecular formula is C18H21ClN2O5. The average Bonchev–Trinajstić information content (AvgIpc) is 3.15. The summed E-state index contributed by atoms with van der Waals surface area (Å²) in [6.07, 6.45) is 2.20. The van der Waals surface area contributed by atoms with Gasteiger partial charge in [-0.1, -0.05) is 11.6 Å². The molecule has 0 bridgehead atoms. The molecule has 0 radical (unpaired) electrons. The molecule has 1 aromatic heterocycles. The number of nitrogens with one attached hydrogen (secondary N) is 2. The molecule has 0 unspecified atom stereocenters. The molecular weight excluding hydrogens is 360 g/mol. The van der Waals surface area contributed by atoms with Crippen molar-refractivity contribution in [2.45, 2.75) is 12.8 Å². The van der Waals surface area contributed by atoms with Gasteiger partial charge in [0.1, 0.15) is 12.4 Å². The molecule has 0 saturated carbocycles.